The highest BCUT2D eigenvalue weighted by Gasteiger charge is 2.24. The lowest BCUT2D eigenvalue weighted by Gasteiger charge is -2.23. The van der Waals surface area contributed by atoms with Crippen molar-refractivity contribution in [3.63, 3.8) is 0 Å². The summed E-state index contributed by atoms with van der Waals surface area (Å²) in [6.07, 6.45) is 0. The van der Waals surface area contributed by atoms with Gasteiger partial charge in [0.15, 0.2) is 0 Å². The summed E-state index contributed by atoms with van der Waals surface area (Å²) >= 11 is 0. The monoisotopic (exact) mass is 339 g/mol. The van der Waals surface area contributed by atoms with Crippen molar-refractivity contribution in [2.75, 3.05) is 0 Å². The number of hydrogen-bond acceptors (Lipinski definition) is 2. The maximum atomic E-state index is 12.4. The molecule has 0 bridgehead atoms. The zero-order valence-electron chi connectivity index (χ0n) is 14.8. The largest absolute Gasteiger partial charge is 0.352 e. The molecular weight excluding hydrogens is 314 g/mol. The molecule has 25 heavy (non-hydrogen) atoms. The fraction of sp³-hybridized carbons (Fsp3) is 0.300. The van der Waals surface area contributed by atoms with E-state index < -0.39 is 12.1 Å². The van der Waals surface area contributed by atoms with E-state index in [1.807, 2.05) is 63.2 Å². The molecule has 0 aliphatic rings. The topological polar surface area (TPSA) is 84.2 Å². The second kappa shape index (κ2) is 8.33. The van der Waals surface area contributed by atoms with Crippen LogP contribution in [-0.2, 0) is 4.79 Å². The van der Waals surface area contributed by atoms with Gasteiger partial charge in [-0.15, -0.1) is 0 Å². The van der Waals surface area contributed by atoms with E-state index in [-0.39, 0.29) is 17.9 Å². The molecule has 0 saturated heterocycles. The third-order valence-electron chi connectivity index (χ3n) is 4.12. The van der Waals surface area contributed by atoms with Crippen molar-refractivity contribution in [2.45, 2.75) is 32.9 Å². The number of urea groups is 1. The molecule has 0 saturated carbocycles. The van der Waals surface area contributed by atoms with Gasteiger partial charge >= 0.3 is 6.03 Å². The molecule has 0 radical (unpaired) electrons. The van der Waals surface area contributed by atoms with Gasteiger partial charge in [0.05, 0.1) is 6.04 Å². The Bertz CT molecular complexity index is 711. The van der Waals surface area contributed by atoms with E-state index in [0.717, 1.165) is 16.7 Å². The summed E-state index contributed by atoms with van der Waals surface area (Å²) in [5, 5.41) is 5.43. The van der Waals surface area contributed by atoms with Crippen molar-refractivity contribution >= 4 is 11.9 Å². The van der Waals surface area contributed by atoms with Crippen LogP contribution in [0.1, 0.15) is 32.4 Å². The number of carbonyl (C=O) groups excluding carboxylic acids is 2. The van der Waals surface area contributed by atoms with E-state index in [4.69, 9.17) is 5.73 Å². The molecule has 2 rings (SSSR count). The van der Waals surface area contributed by atoms with Crippen LogP contribution < -0.4 is 16.4 Å². The third-order valence-corrected chi connectivity index (χ3v) is 4.12. The van der Waals surface area contributed by atoms with E-state index >= 15 is 0 Å². The first-order valence-corrected chi connectivity index (χ1v) is 8.40. The molecule has 5 nitrogen and oxygen atoms in total. The summed E-state index contributed by atoms with van der Waals surface area (Å²) < 4.78 is 0. The van der Waals surface area contributed by atoms with E-state index in [1.165, 1.54) is 0 Å². The van der Waals surface area contributed by atoms with E-state index in [2.05, 4.69) is 22.8 Å². The van der Waals surface area contributed by atoms with Crippen molar-refractivity contribution in [1.29, 1.82) is 0 Å². The Kier molecular flexibility index (Phi) is 6.17. The van der Waals surface area contributed by atoms with Crippen LogP contribution in [0.15, 0.2) is 54.6 Å². The van der Waals surface area contributed by atoms with Gasteiger partial charge in [-0.2, -0.15) is 0 Å². The van der Waals surface area contributed by atoms with Crippen molar-refractivity contribution in [3.8, 4) is 11.1 Å². The molecule has 0 fully saturated rings. The Morgan fingerprint density at radius 3 is 1.92 bits per heavy atom. The highest BCUT2D eigenvalue weighted by Crippen LogP contribution is 2.22. The number of benzene rings is 2. The minimum absolute atomic E-state index is 0.0554. The van der Waals surface area contributed by atoms with Crippen molar-refractivity contribution in [2.24, 2.45) is 11.7 Å². The van der Waals surface area contributed by atoms with Gasteiger partial charge in [0.1, 0.15) is 6.04 Å². The minimum Gasteiger partial charge on any atom is -0.352 e. The van der Waals surface area contributed by atoms with Crippen molar-refractivity contribution in [1.82, 2.24) is 10.6 Å². The maximum Gasteiger partial charge on any atom is 0.312 e. The number of nitrogens with one attached hydrogen (secondary N) is 2. The Balaban J connectivity index is 2.06. The number of hydrogen-bond donors (Lipinski definition) is 3. The summed E-state index contributed by atoms with van der Waals surface area (Å²) in [5.41, 5.74) is 8.42. The number of primary amides is 1. The molecule has 132 valence electrons. The second-order valence-corrected chi connectivity index (χ2v) is 6.45. The van der Waals surface area contributed by atoms with E-state index in [0.29, 0.717) is 0 Å². The molecule has 0 heterocycles. The molecule has 0 spiro atoms. The summed E-state index contributed by atoms with van der Waals surface area (Å²) in [4.78, 5) is 23.5. The average molecular weight is 339 g/mol. The van der Waals surface area contributed by atoms with Gasteiger partial charge < -0.3 is 16.4 Å². The fourth-order valence-electron chi connectivity index (χ4n) is 2.67. The number of rotatable bonds is 6. The fourth-order valence-corrected chi connectivity index (χ4v) is 2.67. The van der Waals surface area contributed by atoms with Crippen LogP contribution in [0.2, 0.25) is 0 Å². The molecule has 2 aromatic carbocycles. The van der Waals surface area contributed by atoms with Gasteiger partial charge in [-0.1, -0.05) is 68.4 Å². The van der Waals surface area contributed by atoms with Crippen LogP contribution in [0.4, 0.5) is 4.79 Å². The summed E-state index contributed by atoms with van der Waals surface area (Å²) in [5.74, 6) is -0.298. The SMILES string of the molecule is CC(C)[C@@H](NC(N)=O)C(=O)N[C@@H](C)c1ccc(-c2ccccc2)cc1. The Morgan fingerprint density at radius 2 is 1.40 bits per heavy atom. The van der Waals surface area contributed by atoms with Gasteiger partial charge in [0.25, 0.3) is 0 Å². The van der Waals surface area contributed by atoms with Gasteiger partial charge in [0, 0.05) is 0 Å². The smallest absolute Gasteiger partial charge is 0.312 e. The summed E-state index contributed by atoms with van der Waals surface area (Å²) in [6.45, 7) is 5.64. The van der Waals surface area contributed by atoms with Crippen LogP contribution in [0, 0.1) is 5.92 Å². The first-order chi connectivity index (χ1) is 11.9. The molecule has 0 aliphatic heterocycles. The average Bonchev–Trinajstić information content (AvgIpc) is 2.60. The molecule has 0 aromatic heterocycles. The maximum absolute atomic E-state index is 12.4. The second-order valence-electron chi connectivity index (χ2n) is 6.45. The summed E-state index contributed by atoms with van der Waals surface area (Å²) in [6, 6.07) is 16.7. The molecule has 0 aliphatic carbocycles. The summed E-state index contributed by atoms with van der Waals surface area (Å²) in [7, 11) is 0. The minimum atomic E-state index is -0.700. The van der Waals surface area contributed by atoms with E-state index in [1.54, 1.807) is 0 Å². The van der Waals surface area contributed by atoms with Crippen LogP contribution >= 0.6 is 0 Å². The van der Waals surface area contributed by atoms with Crippen molar-refractivity contribution in [3.05, 3.63) is 60.2 Å². The number of nitrogens with two attached hydrogens (primary N) is 1. The zero-order valence-corrected chi connectivity index (χ0v) is 14.8. The number of amides is 3. The lowest BCUT2D eigenvalue weighted by atomic mass is 10.00. The molecule has 3 amide bonds. The Labute approximate surface area is 148 Å². The van der Waals surface area contributed by atoms with Crippen LogP contribution in [0.25, 0.3) is 11.1 Å². The quantitative estimate of drug-likeness (QED) is 0.755. The molecule has 5 heteroatoms. The highest BCUT2D eigenvalue weighted by molar-refractivity contribution is 5.87. The van der Waals surface area contributed by atoms with Crippen LogP contribution in [-0.4, -0.2) is 18.0 Å². The Morgan fingerprint density at radius 1 is 0.840 bits per heavy atom. The Hall–Kier alpha value is -2.82. The first-order valence-electron chi connectivity index (χ1n) is 8.40. The predicted molar refractivity (Wildman–Crippen MR) is 99.8 cm³/mol. The lowest BCUT2D eigenvalue weighted by Crippen LogP contribution is -2.51. The molecule has 2 atom stereocenters. The molecule has 0 unspecified atom stereocenters. The third kappa shape index (κ3) is 5.08. The lowest BCUT2D eigenvalue weighted by molar-refractivity contribution is -0.124. The predicted octanol–water partition coefficient (Wildman–Crippen LogP) is 3.22. The van der Waals surface area contributed by atoms with Gasteiger partial charge in [-0.3, -0.25) is 4.79 Å². The highest BCUT2D eigenvalue weighted by atomic mass is 16.2. The van der Waals surface area contributed by atoms with E-state index in [9.17, 15) is 9.59 Å². The normalized spacial score (nSPS) is 13.1. The van der Waals surface area contributed by atoms with Gasteiger partial charge in [0.2, 0.25) is 5.91 Å². The van der Waals surface area contributed by atoms with Gasteiger partial charge in [-0.25, -0.2) is 4.79 Å². The van der Waals surface area contributed by atoms with Crippen LogP contribution in [0.3, 0.4) is 0 Å². The van der Waals surface area contributed by atoms with Crippen molar-refractivity contribution < 1.29 is 9.59 Å². The number of carbonyl (C=O) groups is 2. The standard InChI is InChI=1S/C20H25N3O2/c1-13(2)18(23-20(21)25)19(24)22-14(3)15-9-11-17(12-10-15)16-7-5-4-6-8-16/h4-14,18H,1-3H3,(H,22,24)(H3,21,23,25)/t14-,18+/m0/s1. The molecule has 2 aromatic rings. The first kappa shape index (κ1) is 18.5. The zero-order chi connectivity index (χ0) is 18.4. The molecular formula is C20H25N3O2. The van der Waals surface area contributed by atoms with Crippen LogP contribution in [0.5, 0.6) is 0 Å². The van der Waals surface area contributed by atoms with Gasteiger partial charge in [-0.05, 0) is 29.5 Å². The molecule has 4 N–H and O–H groups in total.